The van der Waals surface area contributed by atoms with Crippen molar-refractivity contribution in [2.45, 2.75) is 25.9 Å². The normalized spacial score (nSPS) is 26.9. The van der Waals surface area contributed by atoms with Gasteiger partial charge in [0.1, 0.15) is 0 Å². The van der Waals surface area contributed by atoms with Crippen molar-refractivity contribution >= 4 is 0 Å². The Kier molecular flexibility index (Phi) is 2.73. The standard InChI is InChI=1S/C13H16F3N/c1-12(2)10(7-17)11(12)8-4-3-5-9(6-8)13(14,15)16/h3-6,10-11H,7,17H2,1-2H3/t10-,11-/m1/s1. The Balaban J connectivity index is 2.30. The Hall–Kier alpha value is -1.03. The molecule has 0 saturated heterocycles. The van der Waals surface area contributed by atoms with Crippen molar-refractivity contribution in [1.29, 1.82) is 0 Å². The molecule has 0 bridgehead atoms. The van der Waals surface area contributed by atoms with Gasteiger partial charge in [-0.1, -0.05) is 32.0 Å². The highest BCUT2D eigenvalue weighted by Crippen LogP contribution is 2.63. The fraction of sp³-hybridized carbons (Fsp3) is 0.538. The van der Waals surface area contributed by atoms with Crippen LogP contribution in [0.15, 0.2) is 24.3 Å². The molecule has 1 aromatic carbocycles. The van der Waals surface area contributed by atoms with Crippen molar-refractivity contribution in [3.63, 3.8) is 0 Å². The van der Waals surface area contributed by atoms with E-state index in [4.69, 9.17) is 5.73 Å². The Bertz CT molecular complexity index is 423. The number of nitrogens with two attached hydrogens (primary N) is 1. The smallest absolute Gasteiger partial charge is 0.330 e. The molecule has 0 radical (unpaired) electrons. The third-order valence-corrected chi connectivity index (χ3v) is 3.88. The van der Waals surface area contributed by atoms with Gasteiger partial charge < -0.3 is 5.73 Å². The molecule has 0 spiro atoms. The van der Waals surface area contributed by atoms with Crippen LogP contribution in [0.25, 0.3) is 0 Å². The summed E-state index contributed by atoms with van der Waals surface area (Å²) in [6, 6.07) is 5.59. The first-order valence-corrected chi connectivity index (χ1v) is 5.65. The molecule has 1 saturated carbocycles. The minimum Gasteiger partial charge on any atom is -0.330 e. The summed E-state index contributed by atoms with van der Waals surface area (Å²) in [5.74, 6) is 0.431. The minimum absolute atomic E-state index is 0.0129. The molecule has 1 aliphatic carbocycles. The van der Waals surface area contributed by atoms with Crippen molar-refractivity contribution < 1.29 is 13.2 Å². The first-order chi connectivity index (χ1) is 7.78. The molecule has 1 aromatic rings. The van der Waals surface area contributed by atoms with E-state index in [0.717, 1.165) is 11.6 Å². The van der Waals surface area contributed by atoms with Crippen LogP contribution in [-0.4, -0.2) is 6.54 Å². The van der Waals surface area contributed by atoms with Gasteiger partial charge in [-0.25, -0.2) is 0 Å². The number of hydrogen-bond donors (Lipinski definition) is 1. The largest absolute Gasteiger partial charge is 0.416 e. The van der Waals surface area contributed by atoms with Crippen molar-refractivity contribution in [3.8, 4) is 0 Å². The molecule has 0 heterocycles. The molecular formula is C13H16F3N. The van der Waals surface area contributed by atoms with Gasteiger partial charge in [0.05, 0.1) is 5.56 Å². The van der Waals surface area contributed by atoms with Crippen LogP contribution >= 0.6 is 0 Å². The third-order valence-electron chi connectivity index (χ3n) is 3.88. The SMILES string of the molecule is CC1(C)[C@H](CN)[C@H]1c1cccc(C(F)(F)F)c1. The highest BCUT2D eigenvalue weighted by Gasteiger charge is 2.57. The second kappa shape index (κ2) is 3.73. The van der Waals surface area contributed by atoms with Crippen molar-refractivity contribution in [3.05, 3.63) is 35.4 Å². The first-order valence-electron chi connectivity index (χ1n) is 5.65. The van der Waals surface area contributed by atoms with Crippen molar-refractivity contribution in [2.75, 3.05) is 6.54 Å². The summed E-state index contributed by atoms with van der Waals surface area (Å²) in [7, 11) is 0. The summed E-state index contributed by atoms with van der Waals surface area (Å²) in [6.07, 6.45) is -4.27. The maximum Gasteiger partial charge on any atom is 0.416 e. The van der Waals surface area contributed by atoms with E-state index in [0.29, 0.717) is 6.54 Å². The molecule has 4 heteroatoms. The fourth-order valence-electron chi connectivity index (χ4n) is 2.75. The van der Waals surface area contributed by atoms with Crippen LogP contribution < -0.4 is 5.73 Å². The summed E-state index contributed by atoms with van der Waals surface area (Å²) in [5, 5.41) is 0. The van der Waals surface area contributed by atoms with E-state index in [1.54, 1.807) is 6.07 Å². The molecule has 0 aromatic heterocycles. The average Bonchev–Trinajstić information content (AvgIpc) is 2.79. The third kappa shape index (κ3) is 2.06. The Morgan fingerprint density at radius 1 is 1.29 bits per heavy atom. The van der Waals surface area contributed by atoms with Gasteiger partial charge >= 0.3 is 6.18 Å². The molecule has 1 nitrogen and oxygen atoms in total. The number of alkyl halides is 3. The molecule has 0 amide bonds. The van der Waals surface area contributed by atoms with Gasteiger partial charge in [-0.3, -0.25) is 0 Å². The highest BCUT2D eigenvalue weighted by molar-refractivity contribution is 5.35. The first kappa shape index (κ1) is 12.4. The van der Waals surface area contributed by atoms with E-state index in [-0.39, 0.29) is 17.3 Å². The van der Waals surface area contributed by atoms with Crippen LogP contribution in [0.5, 0.6) is 0 Å². The van der Waals surface area contributed by atoms with Gasteiger partial charge in [0, 0.05) is 0 Å². The maximum absolute atomic E-state index is 12.6. The fourth-order valence-corrected chi connectivity index (χ4v) is 2.75. The monoisotopic (exact) mass is 243 g/mol. The summed E-state index contributed by atoms with van der Waals surface area (Å²) in [5.41, 5.74) is 5.83. The Labute approximate surface area is 98.8 Å². The lowest BCUT2D eigenvalue weighted by Crippen LogP contribution is -2.06. The number of rotatable bonds is 2. The van der Waals surface area contributed by atoms with Crippen molar-refractivity contribution in [2.24, 2.45) is 17.1 Å². The molecule has 1 aliphatic rings. The summed E-state index contributed by atoms with van der Waals surface area (Å²) >= 11 is 0. The van der Waals surface area contributed by atoms with Crippen LogP contribution in [0.1, 0.15) is 30.9 Å². The maximum atomic E-state index is 12.6. The topological polar surface area (TPSA) is 26.0 Å². The van der Waals surface area contributed by atoms with Gasteiger partial charge in [-0.05, 0) is 35.4 Å². The van der Waals surface area contributed by atoms with Gasteiger partial charge in [-0.2, -0.15) is 13.2 Å². The lowest BCUT2D eigenvalue weighted by Gasteiger charge is -2.09. The van der Waals surface area contributed by atoms with E-state index in [9.17, 15) is 13.2 Å². The second-order valence-electron chi connectivity index (χ2n) is 5.26. The van der Waals surface area contributed by atoms with Gasteiger partial charge in [0.15, 0.2) is 0 Å². The lowest BCUT2D eigenvalue weighted by atomic mass is 10.0. The minimum atomic E-state index is -4.27. The number of benzene rings is 1. The molecule has 2 atom stereocenters. The predicted octanol–water partition coefficient (Wildman–Crippen LogP) is 3.40. The molecular weight excluding hydrogens is 227 g/mol. The molecule has 17 heavy (non-hydrogen) atoms. The van der Waals surface area contributed by atoms with Crippen LogP contribution in [0.4, 0.5) is 13.2 Å². The predicted molar refractivity (Wildman–Crippen MR) is 60.5 cm³/mol. The second-order valence-corrected chi connectivity index (χ2v) is 5.26. The summed E-state index contributed by atoms with van der Waals surface area (Å²) in [4.78, 5) is 0. The zero-order valence-corrected chi connectivity index (χ0v) is 9.88. The van der Waals surface area contributed by atoms with Gasteiger partial charge in [0.25, 0.3) is 0 Å². The summed E-state index contributed by atoms with van der Waals surface area (Å²) < 4.78 is 37.8. The Morgan fingerprint density at radius 2 is 1.94 bits per heavy atom. The molecule has 94 valence electrons. The quantitative estimate of drug-likeness (QED) is 0.846. The van der Waals surface area contributed by atoms with Crippen molar-refractivity contribution in [1.82, 2.24) is 0 Å². The Morgan fingerprint density at radius 3 is 2.41 bits per heavy atom. The number of hydrogen-bond acceptors (Lipinski definition) is 1. The van der Waals surface area contributed by atoms with E-state index in [1.165, 1.54) is 12.1 Å². The average molecular weight is 243 g/mol. The lowest BCUT2D eigenvalue weighted by molar-refractivity contribution is -0.137. The van der Waals surface area contributed by atoms with E-state index >= 15 is 0 Å². The van der Waals surface area contributed by atoms with E-state index in [2.05, 4.69) is 13.8 Å². The van der Waals surface area contributed by atoms with Crippen LogP contribution in [0.2, 0.25) is 0 Å². The molecule has 2 N–H and O–H groups in total. The molecule has 1 fully saturated rings. The number of halogens is 3. The van der Waals surface area contributed by atoms with E-state index < -0.39 is 11.7 Å². The van der Waals surface area contributed by atoms with E-state index in [1.807, 2.05) is 0 Å². The van der Waals surface area contributed by atoms with Crippen LogP contribution in [0.3, 0.4) is 0 Å². The van der Waals surface area contributed by atoms with Gasteiger partial charge in [-0.15, -0.1) is 0 Å². The zero-order valence-electron chi connectivity index (χ0n) is 9.88. The molecule has 2 rings (SSSR count). The molecule has 0 aliphatic heterocycles. The van der Waals surface area contributed by atoms with Gasteiger partial charge in [0.2, 0.25) is 0 Å². The zero-order chi connectivity index (χ0) is 12.8. The summed E-state index contributed by atoms with van der Waals surface area (Å²) in [6.45, 7) is 4.62. The van der Waals surface area contributed by atoms with Crippen LogP contribution in [-0.2, 0) is 6.18 Å². The highest BCUT2D eigenvalue weighted by atomic mass is 19.4. The van der Waals surface area contributed by atoms with Crippen LogP contribution in [0, 0.1) is 11.3 Å². The molecule has 0 unspecified atom stereocenters.